The monoisotopic (exact) mass is 876 g/mol. The fourth-order valence-corrected chi connectivity index (χ4v) is 7.69. The first-order valence-corrected chi connectivity index (χ1v) is 20.7. The molecule has 1 aromatic carbocycles. The third-order valence-corrected chi connectivity index (χ3v) is 11.8. The van der Waals surface area contributed by atoms with Gasteiger partial charge in [0.05, 0.1) is 57.2 Å². The number of epoxide rings is 1. The lowest BCUT2D eigenvalue weighted by Gasteiger charge is -2.42. The second-order valence-electron chi connectivity index (χ2n) is 16.0. The van der Waals surface area contributed by atoms with Gasteiger partial charge in [0.25, 0.3) is 0 Å². The Balaban J connectivity index is 1.53. The lowest BCUT2D eigenvalue weighted by Crippen LogP contribution is -2.63. The predicted molar refractivity (Wildman–Crippen MR) is 225 cm³/mol. The van der Waals surface area contributed by atoms with Crippen molar-refractivity contribution in [1.82, 2.24) is 26.2 Å². The van der Waals surface area contributed by atoms with E-state index in [0.29, 0.717) is 17.9 Å². The van der Waals surface area contributed by atoms with Crippen LogP contribution in [0.4, 0.5) is 10.5 Å². The Morgan fingerprint density at radius 1 is 1.11 bits per heavy atom. The van der Waals surface area contributed by atoms with Gasteiger partial charge in [-0.05, 0) is 44.9 Å². The number of benzene rings is 1. The van der Waals surface area contributed by atoms with E-state index in [-0.39, 0.29) is 74.7 Å². The number of aliphatic hydroxyl groups is 1. The molecule has 2 saturated heterocycles. The maximum absolute atomic E-state index is 14.2. The molecule has 338 valence electrons. The normalized spacial score (nSPS) is 28.4. The first kappa shape index (κ1) is 48.9. The summed E-state index contributed by atoms with van der Waals surface area (Å²) >= 11 is 6.80. The number of amides is 6. The molecule has 6 amide bonds. The summed E-state index contributed by atoms with van der Waals surface area (Å²) in [5.74, 6) is -2.05. The minimum atomic E-state index is -1.82. The van der Waals surface area contributed by atoms with Crippen LogP contribution in [-0.4, -0.2) is 142 Å². The lowest BCUT2D eigenvalue weighted by atomic mass is 9.83. The quantitative estimate of drug-likeness (QED) is 0.170. The second kappa shape index (κ2) is 21.4. The van der Waals surface area contributed by atoms with Crippen molar-refractivity contribution in [2.75, 3.05) is 59.5 Å². The number of nitrogens with zero attached hydrogens (tertiary/aromatic N) is 2. The van der Waals surface area contributed by atoms with Crippen LogP contribution in [0.5, 0.6) is 5.75 Å². The number of rotatable bonds is 14. The van der Waals surface area contributed by atoms with Gasteiger partial charge in [0.15, 0.2) is 5.72 Å². The molecule has 0 aromatic heterocycles. The summed E-state index contributed by atoms with van der Waals surface area (Å²) in [7, 11) is 6.14. The zero-order chi connectivity index (χ0) is 45.2. The molecule has 61 heavy (non-hydrogen) atoms. The number of likely N-dealkylation sites (N-methyl/N-ethyl adjacent to an activating group) is 1. The molecule has 2 fully saturated rings. The van der Waals surface area contributed by atoms with E-state index in [2.05, 4.69) is 21.3 Å². The van der Waals surface area contributed by atoms with Crippen molar-refractivity contribution in [1.29, 1.82) is 0 Å². The Morgan fingerprint density at radius 3 is 2.44 bits per heavy atom. The van der Waals surface area contributed by atoms with Crippen molar-refractivity contribution < 1.29 is 57.6 Å². The summed E-state index contributed by atoms with van der Waals surface area (Å²) in [6.07, 6.45) is 1.71. The van der Waals surface area contributed by atoms with E-state index >= 15 is 0 Å². The number of methoxy groups -OCH3 is 2. The molecule has 5 N–H and O–H groups in total. The van der Waals surface area contributed by atoms with Gasteiger partial charge in [-0.2, -0.15) is 0 Å². The number of alkyl carbamates (subject to hydrolysis) is 1. The number of fused-ring (bicyclic) bond motifs is 5. The summed E-state index contributed by atoms with van der Waals surface area (Å²) in [5, 5.41) is 22.0. The largest absolute Gasteiger partial charge is 0.495 e. The van der Waals surface area contributed by atoms with Crippen molar-refractivity contribution in [3.8, 4) is 5.75 Å². The maximum Gasteiger partial charge on any atom is 0.409 e. The minimum Gasteiger partial charge on any atom is -0.495 e. The van der Waals surface area contributed by atoms with Crippen LogP contribution >= 0.6 is 11.6 Å². The van der Waals surface area contributed by atoms with Crippen LogP contribution < -0.4 is 30.9 Å². The van der Waals surface area contributed by atoms with Gasteiger partial charge in [0.1, 0.15) is 28.6 Å². The zero-order valence-corrected chi connectivity index (χ0v) is 37.2. The number of nitrogens with one attached hydrogen (secondary N) is 4. The van der Waals surface area contributed by atoms with Gasteiger partial charge in [-0.1, -0.05) is 49.2 Å². The number of halogens is 1. The average Bonchev–Trinajstić information content (AvgIpc) is 3.92. The third-order valence-electron chi connectivity index (χ3n) is 11.4. The molecule has 4 rings (SSSR count). The van der Waals surface area contributed by atoms with Gasteiger partial charge < -0.3 is 54.5 Å². The van der Waals surface area contributed by atoms with Gasteiger partial charge in [-0.15, -0.1) is 0 Å². The van der Waals surface area contributed by atoms with Gasteiger partial charge >= 0.3 is 6.09 Å². The number of allylic oxidation sites excluding steroid dienone is 3. The Bertz CT molecular complexity index is 1860. The highest BCUT2D eigenvalue weighted by molar-refractivity contribution is 6.35. The summed E-state index contributed by atoms with van der Waals surface area (Å²) in [5.41, 5.74) is -0.709. The summed E-state index contributed by atoms with van der Waals surface area (Å²) in [6.45, 7) is 8.44. The number of ether oxygens (including phenoxy) is 5. The van der Waals surface area contributed by atoms with Gasteiger partial charge in [0, 0.05) is 52.9 Å². The Morgan fingerprint density at radius 2 is 1.79 bits per heavy atom. The van der Waals surface area contributed by atoms with E-state index in [0.717, 1.165) is 11.1 Å². The summed E-state index contributed by atoms with van der Waals surface area (Å²) in [6, 6.07) is 3.13. The molecule has 3 aliphatic heterocycles. The average molecular weight is 877 g/mol. The second-order valence-corrected chi connectivity index (χ2v) is 16.4. The van der Waals surface area contributed by atoms with Crippen molar-refractivity contribution in [2.45, 2.75) is 109 Å². The maximum atomic E-state index is 14.2. The van der Waals surface area contributed by atoms with E-state index in [1.807, 2.05) is 26.0 Å². The molecule has 8 atom stereocenters. The first-order chi connectivity index (χ1) is 28.8. The zero-order valence-electron chi connectivity index (χ0n) is 36.4. The molecule has 8 unspecified atom stereocenters. The van der Waals surface area contributed by atoms with Crippen molar-refractivity contribution in [3.05, 3.63) is 46.5 Å². The SMILES string of the molecule is CCC(=O)NCC(=O)NCC(=O)NCCC(=O)N(C)C(C)COC1CC(=O)N(C)c2cc(cc(OC)c2Cl)C/C(C)=C/C=C/C(OC)C2(O)CC(OC(=O)N2)C(C)C2OC12C. The van der Waals surface area contributed by atoms with Crippen molar-refractivity contribution in [3.63, 3.8) is 0 Å². The van der Waals surface area contributed by atoms with Crippen LogP contribution in [0.2, 0.25) is 5.02 Å². The van der Waals surface area contributed by atoms with Crippen LogP contribution in [0.15, 0.2) is 35.9 Å². The van der Waals surface area contributed by atoms with E-state index < -0.39 is 65.6 Å². The fraction of sp³-hybridized carbons (Fsp3) is 0.619. The van der Waals surface area contributed by atoms with Crippen LogP contribution in [0, 0.1) is 5.92 Å². The molecule has 0 saturated carbocycles. The Hall–Kier alpha value is -4.75. The van der Waals surface area contributed by atoms with Crippen molar-refractivity contribution in [2.24, 2.45) is 5.92 Å². The standard InChI is InChI=1S/C42H61ClN6O12/c1-10-33(50)45-22-35(52)46-21-34(51)44-15-14-36(53)48(6)25(3)23-59-32-19-37(54)49(7)28-17-27(18-29(57-8)38(28)43)16-24(2)12-11-13-31(58-9)42(56)20-30(60-40(55)47-42)26(4)39-41(32,5)61-39/h11-13,17-18,25-26,30-32,39,56H,10,14-16,19-23H2,1-9H3,(H,44,51)(H,45,50)(H,46,52)(H,47,55)/b13-11+,24-12+. The van der Waals surface area contributed by atoms with Crippen LogP contribution in [0.1, 0.15) is 65.9 Å². The number of carbonyl (C=O) groups is 6. The van der Waals surface area contributed by atoms with Gasteiger partial charge in [0.2, 0.25) is 29.5 Å². The molecule has 0 spiro atoms. The van der Waals surface area contributed by atoms with Crippen molar-refractivity contribution >= 4 is 52.9 Å². The molecule has 19 heteroatoms. The highest BCUT2D eigenvalue weighted by atomic mass is 35.5. The Labute approximate surface area is 362 Å². The molecule has 1 aromatic rings. The molecule has 4 bridgehead atoms. The van der Waals surface area contributed by atoms with Crippen LogP contribution in [0.3, 0.4) is 0 Å². The predicted octanol–water partition coefficient (Wildman–Crippen LogP) is 2.14. The molecule has 3 heterocycles. The summed E-state index contributed by atoms with van der Waals surface area (Å²) < 4.78 is 29.8. The first-order valence-electron chi connectivity index (χ1n) is 20.3. The number of anilines is 1. The van der Waals surface area contributed by atoms with E-state index in [4.69, 9.17) is 35.3 Å². The third kappa shape index (κ3) is 12.7. The molecular formula is C42H61ClN6O12. The summed E-state index contributed by atoms with van der Waals surface area (Å²) in [4.78, 5) is 78.7. The fourth-order valence-electron chi connectivity index (χ4n) is 7.38. The van der Waals surface area contributed by atoms with E-state index in [1.54, 1.807) is 53.1 Å². The molecule has 0 radical (unpaired) electrons. The van der Waals surface area contributed by atoms with E-state index in [9.17, 15) is 33.9 Å². The molecule has 0 aliphatic carbocycles. The molecule has 3 aliphatic rings. The number of hydrogen-bond acceptors (Lipinski definition) is 12. The Kier molecular flexibility index (Phi) is 17.1. The molecular weight excluding hydrogens is 816 g/mol. The van der Waals surface area contributed by atoms with E-state index in [1.165, 1.54) is 24.0 Å². The minimum absolute atomic E-state index is 0.00345. The lowest BCUT2D eigenvalue weighted by molar-refractivity contribution is -0.142. The highest BCUT2D eigenvalue weighted by Gasteiger charge is 2.63. The number of carbonyl (C=O) groups excluding carboxylic acids is 6. The van der Waals surface area contributed by atoms with Crippen LogP contribution in [-0.2, 0) is 49.3 Å². The number of hydrogen-bond donors (Lipinski definition) is 5. The smallest absolute Gasteiger partial charge is 0.409 e. The molecule has 18 nitrogen and oxygen atoms in total. The van der Waals surface area contributed by atoms with Gasteiger partial charge in [-0.25, -0.2) is 4.79 Å². The topological polar surface area (TPSA) is 227 Å². The highest BCUT2D eigenvalue weighted by Crippen LogP contribution is 2.49. The van der Waals surface area contributed by atoms with Gasteiger partial charge in [-0.3, -0.25) is 29.3 Å². The van der Waals surface area contributed by atoms with Crippen LogP contribution in [0.25, 0.3) is 0 Å².